The van der Waals surface area contributed by atoms with Crippen LogP contribution in [0.25, 0.3) is 0 Å². The molecule has 1 unspecified atom stereocenters. The lowest BCUT2D eigenvalue weighted by Gasteiger charge is -2.18. The van der Waals surface area contributed by atoms with E-state index in [-0.39, 0.29) is 17.5 Å². The van der Waals surface area contributed by atoms with Gasteiger partial charge in [0.2, 0.25) is 10.0 Å². The van der Waals surface area contributed by atoms with Gasteiger partial charge in [-0.1, -0.05) is 17.9 Å². The lowest BCUT2D eigenvalue weighted by Crippen LogP contribution is -2.39. The third-order valence-corrected chi connectivity index (χ3v) is 4.20. The third kappa shape index (κ3) is 6.27. The van der Waals surface area contributed by atoms with Crippen molar-refractivity contribution in [2.75, 3.05) is 27.2 Å². The van der Waals surface area contributed by atoms with Gasteiger partial charge in [0.1, 0.15) is 0 Å². The maximum Gasteiger partial charge on any atom is 0.240 e. The molecule has 6 heteroatoms. The van der Waals surface area contributed by atoms with Crippen LogP contribution in [0, 0.1) is 11.8 Å². The molecule has 0 saturated carbocycles. The molecule has 1 rings (SSSR count). The first-order valence-electron chi connectivity index (χ1n) is 6.72. The van der Waals surface area contributed by atoms with E-state index in [0.717, 1.165) is 0 Å². The molecule has 0 aliphatic carbocycles. The predicted octanol–water partition coefficient (Wildman–Crippen LogP) is 0.649. The molecular weight excluding hydrogens is 288 g/mol. The number of aliphatic hydroxyl groups is 1. The Kier molecular flexibility index (Phi) is 6.85. The number of nitrogens with one attached hydrogen (secondary N) is 1. The Bertz CT molecular complexity index is 615. The van der Waals surface area contributed by atoms with Crippen molar-refractivity contribution in [1.29, 1.82) is 0 Å². The first-order chi connectivity index (χ1) is 9.85. The molecular formula is C15H22N2O3S. The zero-order valence-electron chi connectivity index (χ0n) is 12.6. The highest BCUT2D eigenvalue weighted by Crippen LogP contribution is 2.11. The van der Waals surface area contributed by atoms with Gasteiger partial charge < -0.3 is 10.0 Å². The van der Waals surface area contributed by atoms with Crippen LogP contribution in [-0.4, -0.2) is 51.7 Å². The number of aliphatic hydroxyl groups excluding tert-OH is 1. The van der Waals surface area contributed by atoms with E-state index in [1.165, 1.54) is 6.07 Å². The van der Waals surface area contributed by atoms with E-state index < -0.39 is 10.0 Å². The summed E-state index contributed by atoms with van der Waals surface area (Å²) in [6.45, 7) is 2.44. The van der Waals surface area contributed by atoms with Crippen LogP contribution in [-0.2, 0) is 10.0 Å². The van der Waals surface area contributed by atoms with Crippen molar-refractivity contribution in [2.24, 2.45) is 0 Å². The van der Waals surface area contributed by atoms with E-state index in [2.05, 4.69) is 16.6 Å². The Hall–Kier alpha value is -1.39. The summed E-state index contributed by atoms with van der Waals surface area (Å²) in [6, 6.07) is 6.30. The Morgan fingerprint density at radius 3 is 2.71 bits per heavy atom. The van der Waals surface area contributed by atoms with Gasteiger partial charge in [-0.3, -0.25) is 0 Å². The normalized spacial score (nSPS) is 12.8. The molecule has 0 amide bonds. The number of hydrogen-bond acceptors (Lipinski definition) is 4. The van der Waals surface area contributed by atoms with Crippen LogP contribution >= 0.6 is 0 Å². The Balaban J connectivity index is 2.89. The van der Waals surface area contributed by atoms with Crippen LogP contribution in [0.3, 0.4) is 0 Å². The Morgan fingerprint density at radius 2 is 2.10 bits per heavy atom. The summed E-state index contributed by atoms with van der Waals surface area (Å²) in [5.74, 6) is 5.61. The van der Waals surface area contributed by atoms with Crippen LogP contribution in [0.15, 0.2) is 29.2 Å². The minimum Gasteiger partial charge on any atom is -0.395 e. The SMILES string of the molecule is CC(CN(C)C)NS(=O)(=O)c1cccc(C#CCCO)c1. The first-order valence-corrected chi connectivity index (χ1v) is 8.20. The predicted molar refractivity (Wildman–Crippen MR) is 83.4 cm³/mol. The van der Waals surface area contributed by atoms with E-state index in [4.69, 9.17) is 5.11 Å². The van der Waals surface area contributed by atoms with Crippen LogP contribution in [0.1, 0.15) is 18.9 Å². The largest absolute Gasteiger partial charge is 0.395 e. The van der Waals surface area contributed by atoms with Crippen molar-refractivity contribution < 1.29 is 13.5 Å². The van der Waals surface area contributed by atoms with Gasteiger partial charge in [-0.15, -0.1) is 0 Å². The zero-order chi connectivity index (χ0) is 15.9. The van der Waals surface area contributed by atoms with E-state index in [1.807, 2.05) is 25.9 Å². The zero-order valence-corrected chi connectivity index (χ0v) is 13.4. The van der Waals surface area contributed by atoms with Crippen molar-refractivity contribution in [1.82, 2.24) is 9.62 Å². The quantitative estimate of drug-likeness (QED) is 0.757. The first kappa shape index (κ1) is 17.7. The molecule has 0 aliphatic rings. The average molecular weight is 310 g/mol. The molecule has 0 bridgehead atoms. The number of nitrogens with zero attached hydrogens (tertiary/aromatic N) is 1. The van der Waals surface area contributed by atoms with Crippen LogP contribution in [0.5, 0.6) is 0 Å². The van der Waals surface area contributed by atoms with E-state index in [1.54, 1.807) is 18.2 Å². The second kappa shape index (κ2) is 8.15. The lowest BCUT2D eigenvalue weighted by molar-refractivity contribution is 0.305. The maximum absolute atomic E-state index is 12.3. The fourth-order valence-electron chi connectivity index (χ4n) is 1.88. The number of rotatable bonds is 6. The minimum atomic E-state index is -3.55. The molecule has 5 nitrogen and oxygen atoms in total. The van der Waals surface area contributed by atoms with Gasteiger partial charge in [0.25, 0.3) is 0 Å². The number of likely N-dealkylation sites (N-methyl/N-ethyl adjacent to an activating group) is 1. The molecule has 0 aliphatic heterocycles. The van der Waals surface area contributed by atoms with Gasteiger partial charge in [-0.25, -0.2) is 13.1 Å². The van der Waals surface area contributed by atoms with E-state index in [0.29, 0.717) is 18.5 Å². The van der Waals surface area contributed by atoms with Gasteiger partial charge >= 0.3 is 0 Å². The number of hydrogen-bond donors (Lipinski definition) is 2. The molecule has 0 aromatic heterocycles. The second-order valence-electron chi connectivity index (χ2n) is 5.09. The van der Waals surface area contributed by atoms with Crippen molar-refractivity contribution in [3.63, 3.8) is 0 Å². The van der Waals surface area contributed by atoms with Crippen LogP contribution in [0.4, 0.5) is 0 Å². The fourth-order valence-corrected chi connectivity index (χ4v) is 3.16. The molecule has 0 saturated heterocycles. The van der Waals surface area contributed by atoms with Gasteiger partial charge in [0.15, 0.2) is 0 Å². The summed E-state index contributed by atoms with van der Waals surface area (Å²) in [4.78, 5) is 2.12. The van der Waals surface area contributed by atoms with E-state index in [9.17, 15) is 8.42 Å². The highest BCUT2D eigenvalue weighted by atomic mass is 32.2. The summed E-state index contributed by atoms with van der Waals surface area (Å²) in [6.07, 6.45) is 0.370. The molecule has 1 aromatic carbocycles. The highest BCUT2D eigenvalue weighted by Gasteiger charge is 2.17. The summed E-state index contributed by atoms with van der Waals surface area (Å²) in [7, 11) is 0.230. The lowest BCUT2D eigenvalue weighted by atomic mass is 10.2. The van der Waals surface area contributed by atoms with Crippen molar-refractivity contribution in [3.05, 3.63) is 29.8 Å². The molecule has 0 radical (unpaired) electrons. The Morgan fingerprint density at radius 1 is 1.38 bits per heavy atom. The second-order valence-corrected chi connectivity index (χ2v) is 6.80. The minimum absolute atomic E-state index is 0.00536. The Labute approximate surface area is 127 Å². The van der Waals surface area contributed by atoms with Crippen molar-refractivity contribution in [2.45, 2.75) is 24.3 Å². The molecule has 0 heterocycles. The van der Waals surface area contributed by atoms with Crippen LogP contribution < -0.4 is 4.72 Å². The molecule has 0 fully saturated rings. The van der Waals surface area contributed by atoms with Crippen molar-refractivity contribution >= 4 is 10.0 Å². The summed E-state index contributed by atoms with van der Waals surface area (Å²) >= 11 is 0. The molecule has 116 valence electrons. The van der Waals surface area contributed by atoms with Crippen molar-refractivity contribution in [3.8, 4) is 11.8 Å². The standard InChI is InChI=1S/C15H22N2O3S/c1-13(12-17(2)3)16-21(19,20)15-9-6-8-14(11-15)7-4-5-10-18/h6,8-9,11,13,16,18H,5,10,12H2,1-3H3. The number of benzene rings is 1. The summed E-state index contributed by atoms with van der Waals surface area (Å²) < 4.78 is 27.2. The monoisotopic (exact) mass is 310 g/mol. The topological polar surface area (TPSA) is 69.6 Å². The fraction of sp³-hybridized carbons (Fsp3) is 0.467. The third-order valence-electron chi connectivity index (χ3n) is 2.61. The van der Waals surface area contributed by atoms with Gasteiger partial charge in [-0.05, 0) is 39.2 Å². The molecule has 21 heavy (non-hydrogen) atoms. The molecule has 2 N–H and O–H groups in total. The van der Waals surface area contributed by atoms with E-state index >= 15 is 0 Å². The molecule has 1 aromatic rings. The van der Waals surface area contributed by atoms with Gasteiger partial charge in [0, 0.05) is 24.6 Å². The molecule has 0 spiro atoms. The van der Waals surface area contributed by atoms with Gasteiger partial charge in [0.05, 0.1) is 11.5 Å². The number of sulfonamides is 1. The maximum atomic E-state index is 12.3. The average Bonchev–Trinajstić information content (AvgIpc) is 2.37. The van der Waals surface area contributed by atoms with Crippen LogP contribution in [0.2, 0.25) is 0 Å². The molecule has 1 atom stereocenters. The summed E-state index contributed by atoms with van der Waals surface area (Å²) in [5, 5.41) is 8.69. The van der Waals surface area contributed by atoms with Gasteiger partial charge in [-0.2, -0.15) is 0 Å². The smallest absolute Gasteiger partial charge is 0.240 e. The summed E-state index contributed by atoms with van der Waals surface area (Å²) in [5.41, 5.74) is 0.617. The highest BCUT2D eigenvalue weighted by molar-refractivity contribution is 7.89.